The topological polar surface area (TPSA) is 84.7 Å². The molecule has 0 atom stereocenters. The summed E-state index contributed by atoms with van der Waals surface area (Å²) in [6, 6.07) is 11.4. The molecule has 1 heterocycles. The van der Waals surface area contributed by atoms with E-state index in [1.54, 1.807) is 4.90 Å². The Bertz CT molecular complexity index is 836. The van der Waals surface area contributed by atoms with Crippen molar-refractivity contribution in [2.24, 2.45) is 5.92 Å². The predicted molar refractivity (Wildman–Crippen MR) is 99.6 cm³/mol. The maximum atomic E-state index is 13.8. The minimum atomic E-state index is -0.773. The fourth-order valence-electron chi connectivity index (χ4n) is 3.24. The summed E-state index contributed by atoms with van der Waals surface area (Å²) < 4.78 is 18.8. The molecule has 0 spiro atoms. The smallest absolute Gasteiger partial charge is 0.295 e. The van der Waals surface area contributed by atoms with Gasteiger partial charge in [0.25, 0.3) is 5.69 Å². The van der Waals surface area contributed by atoms with E-state index in [9.17, 15) is 19.3 Å². The lowest BCUT2D eigenvalue weighted by Crippen LogP contribution is -2.38. The van der Waals surface area contributed by atoms with Gasteiger partial charge in [0, 0.05) is 30.8 Å². The van der Waals surface area contributed by atoms with Crippen LogP contribution in [-0.2, 0) is 4.79 Å². The minimum absolute atomic E-state index is 0.0421. The summed E-state index contributed by atoms with van der Waals surface area (Å²) in [5.74, 6) is -1.06. The SMILES string of the molecule is COc1cc(N2CCC(C(=O)Nc3ccccc3)CC2)c([N+](=O)[O-])cc1F. The number of hydrogen-bond donors (Lipinski definition) is 1. The Labute approximate surface area is 155 Å². The highest BCUT2D eigenvalue weighted by Crippen LogP contribution is 2.36. The first kappa shape index (κ1) is 18.6. The Balaban J connectivity index is 1.70. The number of para-hydroxylation sites is 1. The maximum Gasteiger partial charge on any atom is 0.295 e. The Morgan fingerprint density at radius 1 is 1.26 bits per heavy atom. The Hall–Kier alpha value is -3.16. The third-order valence-corrected chi connectivity index (χ3v) is 4.69. The number of methoxy groups -OCH3 is 1. The molecule has 0 aliphatic carbocycles. The van der Waals surface area contributed by atoms with Crippen LogP contribution < -0.4 is 15.0 Å². The van der Waals surface area contributed by atoms with Gasteiger partial charge >= 0.3 is 0 Å². The quantitative estimate of drug-likeness (QED) is 0.639. The highest BCUT2D eigenvalue weighted by Gasteiger charge is 2.29. The molecule has 0 bridgehead atoms. The van der Waals surface area contributed by atoms with E-state index in [1.807, 2.05) is 30.3 Å². The Morgan fingerprint density at radius 2 is 1.93 bits per heavy atom. The van der Waals surface area contributed by atoms with Crippen LogP contribution in [0.3, 0.4) is 0 Å². The normalized spacial score (nSPS) is 14.7. The van der Waals surface area contributed by atoms with Crippen LogP contribution in [-0.4, -0.2) is 31.0 Å². The van der Waals surface area contributed by atoms with Crippen molar-refractivity contribution in [2.45, 2.75) is 12.8 Å². The fourth-order valence-corrected chi connectivity index (χ4v) is 3.24. The second-order valence-corrected chi connectivity index (χ2v) is 6.35. The molecule has 1 saturated heterocycles. The van der Waals surface area contributed by atoms with E-state index in [4.69, 9.17) is 4.74 Å². The molecule has 1 aliphatic rings. The molecule has 0 unspecified atom stereocenters. The molecule has 2 aromatic carbocycles. The van der Waals surface area contributed by atoms with E-state index >= 15 is 0 Å². The van der Waals surface area contributed by atoms with Gasteiger partial charge in [-0.25, -0.2) is 4.39 Å². The molecule has 1 N–H and O–H groups in total. The van der Waals surface area contributed by atoms with Gasteiger partial charge in [-0.1, -0.05) is 18.2 Å². The number of benzene rings is 2. The van der Waals surface area contributed by atoms with Crippen LogP contribution in [0, 0.1) is 21.8 Å². The van der Waals surface area contributed by atoms with Gasteiger partial charge < -0.3 is 15.0 Å². The molecule has 2 aromatic rings. The Kier molecular flexibility index (Phi) is 5.54. The summed E-state index contributed by atoms with van der Waals surface area (Å²) in [6.45, 7) is 0.922. The van der Waals surface area contributed by atoms with Crippen molar-refractivity contribution in [3.63, 3.8) is 0 Å². The standard InChI is InChI=1S/C19H20FN3O4/c1-27-18-12-16(17(23(25)26)11-15(18)20)22-9-7-13(8-10-22)19(24)21-14-5-3-2-4-6-14/h2-6,11-13H,7-10H2,1H3,(H,21,24). The first-order valence-electron chi connectivity index (χ1n) is 8.62. The number of carbonyl (C=O) groups is 1. The first-order valence-corrected chi connectivity index (χ1v) is 8.62. The van der Waals surface area contributed by atoms with Crippen molar-refractivity contribution in [1.82, 2.24) is 0 Å². The maximum absolute atomic E-state index is 13.8. The molecule has 1 amide bonds. The molecular formula is C19H20FN3O4. The van der Waals surface area contributed by atoms with Gasteiger partial charge in [0.15, 0.2) is 11.6 Å². The van der Waals surface area contributed by atoms with Crippen LogP contribution in [0.15, 0.2) is 42.5 Å². The second-order valence-electron chi connectivity index (χ2n) is 6.35. The van der Waals surface area contributed by atoms with E-state index in [-0.39, 0.29) is 23.3 Å². The zero-order valence-corrected chi connectivity index (χ0v) is 14.9. The number of hydrogen-bond acceptors (Lipinski definition) is 5. The summed E-state index contributed by atoms with van der Waals surface area (Å²) in [7, 11) is 1.31. The van der Waals surface area contributed by atoms with Gasteiger partial charge in [0.2, 0.25) is 5.91 Å². The molecule has 3 rings (SSSR count). The monoisotopic (exact) mass is 373 g/mol. The zero-order chi connectivity index (χ0) is 19.4. The van der Waals surface area contributed by atoms with Crippen LogP contribution in [0.2, 0.25) is 0 Å². The number of nitrogens with one attached hydrogen (secondary N) is 1. The number of nitrogens with zero attached hydrogens (tertiary/aromatic N) is 2. The van der Waals surface area contributed by atoms with Crippen LogP contribution >= 0.6 is 0 Å². The van der Waals surface area contributed by atoms with Gasteiger partial charge in [-0.15, -0.1) is 0 Å². The van der Waals surface area contributed by atoms with Crippen molar-refractivity contribution in [2.75, 3.05) is 30.4 Å². The molecule has 1 fully saturated rings. The predicted octanol–water partition coefficient (Wildman–Crippen LogP) is 3.60. The lowest BCUT2D eigenvalue weighted by atomic mass is 9.95. The summed E-state index contributed by atoms with van der Waals surface area (Å²) in [5, 5.41) is 14.2. The lowest BCUT2D eigenvalue weighted by molar-refractivity contribution is -0.384. The van der Waals surface area contributed by atoms with Gasteiger partial charge in [0.05, 0.1) is 18.1 Å². The number of carbonyl (C=O) groups excluding carboxylic acids is 1. The van der Waals surface area contributed by atoms with Crippen molar-refractivity contribution in [3.8, 4) is 5.75 Å². The van der Waals surface area contributed by atoms with Gasteiger partial charge in [-0.05, 0) is 25.0 Å². The van der Waals surface area contributed by atoms with Crippen LogP contribution in [0.25, 0.3) is 0 Å². The highest BCUT2D eigenvalue weighted by molar-refractivity contribution is 5.92. The number of nitro benzene ring substituents is 1. The Morgan fingerprint density at radius 3 is 2.52 bits per heavy atom. The minimum Gasteiger partial charge on any atom is -0.494 e. The average Bonchev–Trinajstić information content (AvgIpc) is 2.68. The van der Waals surface area contributed by atoms with Crippen molar-refractivity contribution in [1.29, 1.82) is 0 Å². The van der Waals surface area contributed by atoms with Crippen molar-refractivity contribution >= 4 is 23.0 Å². The fraction of sp³-hybridized carbons (Fsp3) is 0.316. The number of rotatable bonds is 5. The van der Waals surface area contributed by atoms with Crippen LogP contribution in [0.5, 0.6) is 5.75 Å². The number of amides is 1. The third kappa shape index (κ3) is 4.16. The van der Waals surface area contributed by atoms with E-state index in [0.717, 1.165) is 11.8 Å². The molecule has 1 aliphatic heterocycles. The van der Waals surface area contributed by atoms with E-state index in [0.29, 0.717) is 31.6 Å². The largest absolute Gasteiger partial charge is 0.494 e. The average molecular weight is 373 g/mol. The second kappa shape index (κ2) is 8.03. The summed E-state index contributed by atoms with van der Waals surface area (Å²) >= 11 is 0. The van der Waals surface area contributed by atoms with Crippen LogP contribution in [0.1, 0.15) is 12.8 Å². The molecule has 27 heavy (non-hydrogen) atoms. The van der Waals surface area contributed by atoms with E-state index in [1.165, 1.54) is 13.2 Å². The molecule has 7 nitrogen and oxygen atoms in total. The molecule has 0 aromatic heterocycles. The van der Waals surface area contributed by atoms with Crippen molar-refractivity contribution < 1.29 is 18.8 Å². The molecule has 8 heteroatoms. The van der Waals surface area contributed by atoms with Gasteiger partial charge in [0.1, 0.15) is 5.69 Å². The summed E-state index contributed by atoms with van der Waals surface area (Å²) in [4.78, 5) is 24.9. The number of nitro groups is 1. The third-order valence-electron chi connectivity index (χ3n) is 4.69. The molecule has 0 radical (unpaired) electrons. The van der Waals surface area contributed by atoms with Crippen LogP contribution in [0.4, 0.5) is 21.5 Å². The number of anilines is 2. The number of halogens is 1. The molecular weight excluding hydrogens is 353 g/mol. The molecule has 0 saturated carbocycles. The number of ether oxygens (including phenoxy) is 1. The van der Waals surface area contributed by atoms with Gasteiger partial charge in [-0.3, -0.25) is 14.9 Å². The van der Waals surface area contributed by atoms with Gasteiger partial charge in [-0.2, -0.15) is 0 Å². The van der Waals surface area contributed by atoms with E-state index in [2.05, 4.69) is 5.32 Å². The van der Waals surface area contributed by atoms with Crippen molar-refractivity contribution in [3.05, 3.63) is 58.4 Å². The van der Waals surface area contributed by atoms with E-state index < -0.39 is 10.7 Å². The summed E-state index contributed by atoms with van der Waals surface area (Å²) in [6.07, 6.45) is 1.10. The highest BCUT2D eigenvalue weighted by atomic mass is 19.1. The summed E-state index contributed by atoms with van der Waals surface area (Å²) in [5.41, 5.74) is 0.740. The lowest BCUT2D eigenvalue weighted by Gasteiger charge is -2.32. The number of piperidine rings is 1. The molecule has 142 valence electrons. The zero-order valence-electron chi connectivity index (χ0n) is 14.9. The first-order chi connectivity index (χ1) is 13.0.